The summed E-state index contributed by atoms with van der Waals surface area (Å²) in [6.45, 7) is 9.07. The number of carbonyl (C=O) groups is 1. The fourth-order valence-corrected chi connectivity index (χ4v) is 3.51. The van der Waals surface area contributed by atoms with Gasteiger partial charge in [0.15, 0.2) is 0 Å². The molecule has 2 fully saturated rings. The third-order valence-electron chi connectivity index (χ3n) is 4.64. The van der Waals surface area contributed by atoms with Crippen LogP contribution in [0, 0.1) is 0 Å². The van der Waals surface area contributed by atoms with Crippen molar-refractivity contribution < 1.29 is 14.3 Å². The molecule has 0 aromatic rings. The average molecular weight is 298 g/mol. The number of rotatable bonds is 6. The first-order chi connectivity index (χ1) is 10.2. The molecule has 0 bridgehead atoms. The second-order valence-corrected chi connectivity index (χ2v) is 6.13. The maximum atomic E-state index is 12.4. The highest BCUT2D eigenvalue weighted by Gasteiger charge is 2.47. The molecule has 1 heterocycles. The van der Waals surface area contributed by atoms with Crippen molar-refractivity contribution >= 4 is 5.97 Å². The van der Waals surface area contributed by atoms with Gasteiger partial charge >= 0.3 is 5.97 Å². The Labute approximate surface area is 128 Å². The zero-order valence-corrected chi connectivity index (χ0v) is 13.5. The Bertz CT molecular complexity index is 329. The highest BCUT2D eigenvalue weighted by Crippen LogP contribution is 2.34. The van der Waals surface area contributed by atoms with Crippen molar-refractivity contribution in [3.63, 3.8) is 0 Å². The van der Waals surface area contributed by atoms with E-state index in [1.807, 2.05) is 6.92 Å². The van der Waals surface area contributed by atoms with Crippen molar-refractivity contribution in [2.45, 2.75) is 57.5 Å². The first-order valence-corrected chi connectivity index (χ1v) is 8.46. The fraction of sp³-hybridized carbons (Fsp3) is 0.938. The molecule has 0 amide bonds. The van der Waals surface area contributed by atoms with Crippen molar-refractivity contribution in [2.24, 2.45) is 0 Å². The highest BCUT2D eigenvalue weighted by atomic mass is 16.5. The number of ether oxygens (including phenoxy) is 2. The van der Waals surface area contributed by atoms with Crippen LogP contribution in [-0.2, 0) is 14.3 Å². The molecule has 2 atom stereocenters. The second-order valence-electron chi connectivity index (χ2n) is 6.13. The monoisotopic (exact) mass is 298 g/mol. The minimum atomic E-state index is -0.468. The van der Waals surface area contributed by atoms with E-state index >= 15 is 0 Å². The van der Waals surface area contributed by atoms with Gasteiger partial charge in [0.25, 0.3) is 0 Å². The van der Waals surface area contributed by atoms with Gasteiger partial charge in [0.2, 0.25) is 0 Å². The highest BCUT2D eigenvalue weighted by molar-refractivity contribution is 5.81. The molecule has 2 aliphatic rings. The Morgan fingerprint density at radius 2 is 2.24 bits per heavy atom. The number of nitrogens with one attached hydrogen (secondary N) is 1. The van der Waals surface area contributed by atoms with Gasteiger partial charge < -0.3 is 14.8 Å². The van der Waals surface area contributed by atoms with Crippen molar-refractivity contribution in [3.05, 3.63) is 0 Å². The van der Waals surface area contributed by atoms with E-state index in [0.29, 0.717) is 12.6 Å². The molecule has 0 radical (unpaired) electrons. The molecule has 0 aromatic carbocycles. The minimum absolute atomic E-state index is 0.0629. The topological polar surface area (TPSA) is 50.8 Å². The standard InChI is InChI=1S/C16H30N2O3/c1-3-8-17-16(15(19)21-4-2)7-6-14(13-16)18-9-5-11-20-12-10-18/h14,17H,3-13H2,1-2H3. The molecule has 1 N–H and O–H groups in total. The number of hydrogen-bond donors (Lipinski definition) is 1. The molecule has 0 spiro atoms. The Morgan fingerprint density at radius 1 is 1.38 bits per heavy atom. The Hall–Kier alpha value is -0.650. The van der Waals surface area contributed by atoms with Crippen LogP contribution in [0.1, 0.15) is 46.0 Å². The first kappa shape index (κ1) is 16.7. The van der Waals surface area contributed by atoms with Gasteiger partial charge in [-0.05, 0) is 45.6 Å². The summed E-state index contributed by atoms with van der Waals surface area (Å²) in [4.78, 5) is 14.9. The summed E-state index contributed by atoms with van der Waals surface area (Å²) >= 11 is 0. The Morgan fingerprint density at radius 3 is 3.00 bits per heavy atom. The number of esters is 1. The summed E-state index contributed by atoms with van der Waals surface area (Å²) in [6.07, 6.45) is 4.93. The number of nitrogens with zero attached hydrogens (tertiary/aromatic N) is 1. The van der Waals surface area contributed by atoms with Crippen molar-refractivity contribution in [2.75, 3.05) is 39.5 Å². The molecule has 1 aliphatic carbocycles. The van der Waals surface area contributed by atoms with Crippen molar-refractivity contribution in [1.29, 1.82) is 0 Å². The maximum Gasteiger partial charge on any atom is 0.326 e. The van der Waals surface area contributed by atoms with Gasteiger partial charge in [-0.2, -0.15) is 0 Å². The lowest BCUT2D eigenvalue weighted by atomic mass is 9.96. The van der Waals surface area contributed by atoms with E-state index in [9.17, 15) is 4.79 Å². The summed E-state index contributed by atoms with van der Waals surface area (Å²) in [6, 6.07) is 0.473. The minimum Gasteiger partial charge on any atom is -0.465 e. The predicted octanol–water partition coefficient (Wildman–Crippen LogP) is 1.56. The summed E-state index contributed by atoms with van der Waals surface area (Å²) in [5.41, 5.74) is -0.468. The third kappa shape index (κ3) is 4.18. The molecule has 2 rings (SSSR count). The summed E-state index contributed by atoms with van der Waals surface area (Å²) in [7, 11) is 0. The van der Waals surface area contributed by atoms with E-state index in [1.54, 1.807) is 0 Å². The van der Waals surface area contributed by atoms with Gasteiger partial charge in [0.1, 0.15) is 5.54 Å². The van der Waals surface area contributed by atoms with E-state index in [-0.39, 0.29) is 5.97 Å². The summed E-state index contributed by atoms with van der Waals surface area (Å²) in [5, 5.41) is 3.48. The number of carbonyl (C=O) groups excluding carboxylic acids is 1. The SMILES string of the molecule is CCCNC1(C(=O)OCC)CCC(N2CCCOCC2)C1. The molecule has 5 nitrogen and oxygen atoms in total. The number of hydrogen-bond acceptors (Lipinski definition) is 5. The Balaban J connectivity index is 2.00. The van der Waals surface area contributed by atoms with Crippen LogP contribution >= 0.6 is 0 Å². The van der Waals surface area contributed by atoms with Crippen LogP contribution in [0.3, 0.4) is 0 Å². The second kappa shape index (κ2) is 8.11. The van der Waals surface area contributed by atoms with E-state index < -0.39 is 5.54 Å². The maximum absolute atomic E-state index is 12.4. The summed E-state index contributed by atoms with van der Waals surface area (Å²) < 4.78 is 10.9. The van der Waals surface area contributed by atoms with Crippen molar-refractivity contribution in [3.8, 4) is 0 Å². The summed E-state index contributed by atoms with van der Waals surface area (Å²) in [5.74, 6) is -0.0629. The largest absolute Gasteiger partial charge is 0.465 e. The fourth-order valence-electron chi connectivity index (χ4n) is 3.51. The Kier molecular flexibility index (Phi) is 6.45. The zero-order chi connectivity index (χ0) is 15.1. The van der Waals surface area contributed by atoms with Crippen LogP contribution in [-0.4, -0.2) is 61.9 Å². The van der Waals surface area contributed by atoms with Crippen molar-refractivity contribution in [1.82, 2.24) is 10.2 Å². The van der Waals surface area contributed by atoms with Gasteiger partial charge in [-0.15, -0.1) is 0 Å². The van der Waals surface area contributed by atoms with Gasteiger partial charge in [-0.1, -0.05) is 6.92 Å². The van der Waals surface area contributed by atoms with Gasteiger partial charge in [0, 0.05) is 25.7 Å². The third-order valence-corrected chi connectivity index (χ3v) is 4.64. The van der Waals surface area contributed by atoms with E-state index in [4.69, 9.17) is 9.47 Å². The predicted molar refractivity (Wildman–Crippen MR) is 82.3 cm³/mol. The van der Waals surface area contributed by atoms with Crippen LogP contribution in [0.4, 0.5) is 0 Å². The van der Waals surface area contributed by atoms with Crippen LogP contribution in [0.5, 0.6) is 0 Å². The smallest absolute Gasteiger partial charge is 0.326 e. The van der Waals surface area contributed by atoms with E-state index in [0.717, 1.165) is 65.0 Å². The van der Waals surface area contributed by atoms with Gasteiger partial charge in [-0.25, -0.2) is 0 Å². The lowest BCUT2D eigenvalue weighted by Gasteiger charge is -2.31. The first-order valence-electron chi connectivity index (χ1n) is 8.46. The molecule has 122 valence electrons. The van der Waals surface area contributed by atoms with E-state index in [2.05, 4.69) is 17.1 Å². The lowest BCUT2D eigenvalue weighted by Crippen LogP contribution is -2.52. The normalized spacial score (nSPS) is 31.0. The van der Waals surface area contributed by atoms with Crippen LogP contribution in [0.2, 0.25) is 0 Å². The molecule has 21 heavy (non-hydrogen) atoms. The molecular formula is C16H30N2O3. The van der Waals surface area contributed by atoms with Crippen LogP contribution in [0.25, 0.3) is 0 Å². The van der Waals surface area contributed by atoms with Gasteiger partial charge in [-0.3, -0.25) is 9.69 Å². The average Bonchev–Trinajstić information content (AvgIpc) is 2.74. The molecular weight excluding hydrogens is 268 g/mol. The molecule has 2 unspecified atom stereocenters. The van der Waals surface area contributed by atoms with Gasteiger partial charge in [0.05, 0.1) is 13.2 Å². The van der Waals surface area contributed by atoms with Crippen LogP contribution < -0.4 is 5.32 Å². The quantitative estimate of drug-likeness (QED) is 0.754. The molecule has 5 heteroatoms. The zero-order valence-electron chi connectivity index (χ0n) is 13.5. The molecule has 1 saturated heterocycles. The molecule has 0 aromatic heterocycles. The molecule has 1 aliphatic heterocycles. The van der Waals surface area contributed by atoms with E-state index in [1.165, 1.54) is 0 Å². The lowest BCUT2D eigenvalue weighted by molar-refractivity contribution is -0.151. The molecule has 1 saturated carbocycles. The van der Waals surface area contributed by atoms with Crippen LogP contribution in [0.15, 0.2) is 0 Å².